The average Bonchev–Trinajstić information content (AvgIpc) is 2.39. The summed E-state index contributed by atoms with van der Waals surface area (Å²) < 4.78 is 1.14. The predicted molar refractivity (Wildman–Crippen MR) is 52.7 cm³/mol. The maximum Gasteiger partial charge on any atom is 0.203 e. The molecule has 0 saturated heterocycles. The van der Waals surface area contributed by atoms with E-state index in [-0.39, 0.29) is 10.9 Å². The molecule has 11 heavy (non-hydrogen) atoms. The SMILES string of the molecule is CC[SH](CC)c1nnc(N)s1. The first-order valence-corrected chi connectivity index (χ1v) is 6.14. The summed E-state index contributed by atoms with van der Waals surface area (Å²) in [6.45, 7) is 4.37. The second-order valence-electron chi connectivity index (χ2n) is 2.10. The number of rotatable bonds is 3. The summed E-state index contributed by atoms with van der Waals surface area (Å²) in [5, 5.41) is 8.42. The van der Waals surface area contributed by atoms with E-state index in [4.69, 9.17) is 5.73 Å². The molecule has 0 bridgehead atoms. The van der Waals surface area contributed by atoms with Crippen molar-refractivity contribution in [3.63, 3.8) is 0 Å². The summed E-state index contributed by atoms with van der Waals surface area (Å²) in [5.74, 6) is 2.36. The van der Waals surface area contributed by atoms with E-state index >= 15 is 0 Å². The Morgan fingerprint density at radius 2 is 2.00 bits per heavy atom. The van der Waals surface area contributed by atoms with Crippen LogP contribution in [-0.4, -0.2) is 21.7 Å². The number of hydrogen-bond acceptors (Lipinski definition) is 4. The third-order valence-electron chi connectivity index (χ3n) is 1.46. The molecule has 0 radical (unpaired) electrons. The van der Waals surface area contributed by atoms with Crippen LogP contribution in [0.4, 0.5) is 5.13 Å². The monoisotopic (exact) mass is 191 g/mol. The van der Waals surface area contributed by atoms with E-state index in [9.17, 15) is 0 Å². The summed E-state index contributed by atoms with van der Waals surface area (Å²) in [6, 6.07) is 0. The first-order chi connectivity index (χ1) is 5.27. The van der Waals surface area contributed by atoms with Crippen molar-refractivity contribution in [2.45, 2.75) is 18.2 Å². The van der Waals surface area contributed by atoms with Gasteiger partial charge >= 0.3 is 0 Å². The van der Waals surface area contributed by atoms with Crippen LogP contribution in [0.15, 0.2) is 4.34 Å². The summed E-state index contributed by atoms with van der Waals surface area (Å²) in [7, 11) is -0.0656. The van der Waals surface area contributed by atoms with Gasteiger partial charge in [-0.3, -0.25) is 0 Å². The zero-order chi connectivity index (χ0) is 8.27. The standard InChI is InChI=1S/C6H13N3S2/c1-3-11(4-2)6-9-8-5(7)10-6/h11H,3-4H2,1-2H3,(H2,7,8). The average molecular weight is 191 g/mol. The maximum atomic E-state index is 5.48. The molecule has 0 spiro atoms. The molecule has 0 aliphatic carbocycles. The summed E-state index contributed by atoms with van der Waals surface area (Å²) in [4.78, 5) is 0. The first-order valence-electron chi connectivity index (χ1n) is 3.61. The first kappa shape index (κ1) is 8.80. The summed E-state index contributed by atoms with van der Waals surface area (Å²) in [6.07, 6.45) is 0. The van der Waals surface area contributed by atoms with Crippen molar-refractivity contribution in [3.05, 3.63) is 0 Å². The van der Waals surface area contributed by atoms with Crippen molar-refractivity contribution in [2.75, 3.05) is 17.2 Å². The highest BCUT2D eigenvalue weighted by Crippen LogP contribution is 2.37. The van der Waals surface area contributed by atoms with E-state index < -0.39 is 0 Å². The third-order valence-corrected chi connectivity index (χ3v) is 5.22. The molecule has 1 aromatic heterocycles. The van der Waals surface area contributed by atoms with Crippen LogP contribution in [-0.2, 0) is 0 Å². The molecule has 0 amide bonds. The Bertz CT molecular complexity index is 219. The number of nitrogens with zero attached hydrogens (tertiary/aromatic N) is 2. The van der Waals surface area contributed by atoms with E-state index in [1.165, 1.54) is 22.8 Å². The molecule has 2 N–H and O–H groups in total. The molecule has 1 rings (SSSR count). The van der Waals surface area contributed by atoms with Crippen LogP contribution in [0.25, 0.3) is 0 Å². The Morgan fingerprint density at radius 1 is 1.36 bits per heavy atom. The van der Waals surface area contributed by atoms with E-state index in [1.54, 1.807) is 0 Å². The van der Waals surface area contributed by atoms with Gasteiger partial charge in [0.1, 0.15) is 0 Å². The Kier molecular flexibility index (Phi) is 3.14. The van der Waals surface area contributed by atoms with Gasteiger partial charge in [0, 0.05) is 0 Å². The Labute approximate surface area is 73.4 Å². The van der Waals surface area contributed by atoms with Gasteiger partial charge in [0.15, 0.2) is 4.34 Å². The van der Waals surface area contributed by atoms with E-state index in [0.717, 1.165) is 4.34 Å². The van der Waals surface area contributed by atoms with Gasteiger partial charge in [-0.2, -0.15) is 10.9 Å². The van der Waals surface area contributed by atoms with Gasteiger partial charge in [-0.15, -0.1) is 10.2 Å². The largest absolute Gasteiger partial charge is 0.374 e. The van der Waals surface area contributed by atoms with Crippen molar-refractivity contribution in [1.29, 1.82) is 0 Å². The van der Waals surface area contributed by atoms with E-state index in [1.807, 2.05) is 0 Å². The van der Waals surface area contributed by atoms with Gasteiger partial charge in [0.05, 0.1) is 0 Å². The molecule has 3 nitrogen and oxygen atoms in total. The number of thiol groups is 1. The second kappa shape index (κ2) is 3.92. The lowest BCUT2D eigenvalue weighted by atomic mass is 11.0. The fourth-order valence-corrected chi connectivity index (χ4v) is 3.93. The fourth-order valence-electron chi connectivity index (χ4n) is 0.848. The van der Waals surface area contributed by atoms with Crippen LogP contribution in [0.1, 0.15) is 13.8 Å². The minimum atomic E-state index is -0.0656. The van der Waals surface area contributed by atoms with Crippen LogP contribution in [0, 0.1) is 0 Å². The molecule has 0 atom stereocenters. The smallest absolute Gasteiger partial charge is 0.203 e. The fraction of sp³-hybridized carbons (Fsp3) is 0.667. The number of anilines is 1. The summed E-state index contributed by atoms with van der Waals surface area (Å²) >= 11 is 1.53. The lowest BCUT2D eigenvalue weighted by Crippen LogP contribution is -1.88. The van der Waals surface area contributed by atoms with Gasteiger partial charge in [-0.25, -0.2) is 0 Å². The van der Waals surface area contributed by atoms with Gasteiger partial charge < -0.3 is 5.73 Å². The van der Waals surface area contributed by atoms with Crippen molar-refractivity contribution in [2.24, 2.45) is 0 Å². The molecule has 0 aliphatic rings. The highest BCUT2D eigenvalue weighted by molar-refractivity contribution is 8.18. The van der Waals surface area contributed by atoms with Gasteiger partial charge in [-0.1, -0.05) is 25.2 Å². The molecule has 0 fully saturated rings. The van der Waals surface area contributed by atoms with Crippen molar-refractivity contribution < 1.29 is 0 Å². The Hall–Kier alpha value is -0.290. The molecule has 0 unspecified atom stereocenters. The summed E-state index contributed by atoms with van der Waals surface area (Å²) in [5.41, 5.74) is 5.48. The highest BCUT2D eigenvalue weighted by atomic mass is 32.2. The molecular weight excluding hydrogens is 178 g/mol. The van der Waals surface area contributed by atoms with Crippen molar-refractivity contribution in [3.8, 4) is 0 Å². The van der Waals surface area contributed by atoms with Gasteiger partial charge in [0.25, 0.3) is 0 Å². The molecule has 1 aromatic rings. The van der Waals surface area contributed by atoms with Crippen LogP contribution >= 0.6 is 22.2 Å². The number of nitrogen functional groups attached to an aromatic ring is 1. The zero-order valence-corrected chi connectivity index (χ0v) is 8.45. The lowest BCUT2D eigenvalue weighted by Gasteiger charge is -2.11. The molecule has 0 saturated carbocycles. The van der Waals surface area contributed by atoms with Crippen LogP contribution in [0.3, 0.4) is 0 Å². The molecule has 5 heteroatoms. The minimum Gasteiger partial charge on any atom is -0.374 e. The van der Waals surface area contributed by atoms with E-state index in [0.29, 0.717) is 5.13 Å². The second-order valence-corrected chi connectivity index (χ2v) is 6.18. The van der Waals surface area contributed by atoms with E-state index in [2.05, 4.69) is 24.0 Å². The maximum absolute atomic E-state index is 5.48. The molecule has 64 valence electrons. The number of aromatic nitrogens is 2. The quantitative estimate of drug-likeness (QED) is 0.712. The Balaban J connectivity index is 2.73. The zero-order valence-electron chi connectivity index (χ0n) is 6.74. The molecule has 0 aromatic carbocycles. The molecule has 1 heterocycles. The van der Waals surface area contributed by atoms with Crippen molar-refractivity contribution in [1.82, 2.24) is 10.2 Å². The number of hydrogen-bond donors (Lipinski definition) is 2. The topological polar surface area (TPSA) is 51.8 Å². The highest BCUT2D eigenvalue weighted by Gasteiger charge is 2.07. The molecular formula is C6H13N3S2. The lowest BCUT2D eigenvalue weighted by molar-refractivity contribution is 1.01. The Morgan fingerprint density at radius 3 is 2.36 bits per heavy atom. The van der Waals surface area contributed by atoms with Crippen LogP contribution in [0.2, 0.25) is 0 Å². The molecule has 0 aliphatic heterocycles. The normalized spacial score (nSPS) is 11.6. The number of nitrogens with two attached hydrogens (primary N) is 1. The van der Waals surface area contributed by atoms with Crippen LogP contribution < -0.4 is 5.73 Å². The van der Waals surface area contributed by atoms with Gasteiger partial charge in [0.2, 0.25) is 5.13 Å². The predicted octanol–water partition coefficient (Wildman–Crippen LogP) is 1.52. The van der Waals surface area contributed by atoms with Crippen molar-refractivity contribution >= 4 is 27.4 Å². The van der Waals surface area contributed by atoms with Gasteiger partial charge in [-0.05, 0) is 11.5 Å². The van der Waals surface area contributed by atoms with Crippen LogP contribution in [0.5, 0.6) is 0 Å². The third kappa shape index (κ3) is 2.07. The minimum absolute atomic E-state index is 0.0656.